The van der Waals surface area contributed by atoms with Gasteiger partial charge in [-0.25, -0.2) is 9.97 Å². The van der Waals surface area contributed by atoms with E-state index in [0.717, 1.165) is 0 Å². The van der Waals surface area contributed by atoms with Gasteiger partial charge in [0, 0.05) is 18.1 Å². The molecule has 2 rings (SSSR count). The van der Waals surface area contributed by atoms with E-state index in [4.69, 9.17) is 5.26 Å². The molecule has 0 atom stereocenters. The molecule has 0 spiro atoms. The first-order valence-corrected chi connectivity index (χ1v) is 4.86. The summed E-state index contributed by atoms with van der Waals surface area (Å²) in [5, 5.41) is 11.3. The van der Waals surface area contributed by atoms with Crippen molar-refractivity contribution in [1.29, 1.82) is 5.26 Å². The highest BCUT2D eigenvalue weighted by molar-refractivity contribution is 6.03. The third-order valence-corrected chi connectivity index (χ3v) is 2.09. The second kappa shape index (κ2) is 4.86. The molecule has 0 fully saturated rings. The molecule has 0 saturated carbocycles. The van der Waals surface area contributed by atoms with Gasteiger partial charge in [0.15, 0.2) is 0 Å². The van der Waals surface area contributed by atoms with Crippen LogP contribution in [0.4, 0.5) is 5.69 Å². The summed E-state index contributed by atoms with van der Waals surface area (Å²) in [5.74, 6) is -0.282. The van der Waals surface area contributed by atoms with E-state index in [0.29, 0.717) is 16.8 Å². The van der Waals surface area contributed by atoms with Crippen molar-refractivity contribution in [3.05, 3.63) is 54.1 Å². The normalized spacial score (nSPS) is 9.35. The molecule has 0 unspecified atom stereocenters. The van der Waals surface area contributed by atoms with Gasteiger partial charge in [0.1, 0.15) is 6.33 Å². The molecule has 1 aromatic heterocycles. The van der Waals surface area contributed by atoms with Crippen molar-refractivity contribution in [3.63, 3.8) is 0 Å². The number of hydrogen-bond donors (Lipinski definition) is 1. The summed E-state index contributed by atoms with van der Waals surface area (Å²) < 4.78 is 0. The number of amides is 1. The number of hydrogen-bond acceptors (Lipinski definition) is 4. The minimum absolute atomic E-state index is 0.282. The average Bonchev–Trinajstić information content (AvgIpc) is 2.40. The maximum absolute atomic E-state index is 11.7. The lowest BCUT2D eigenvalue weighted by Gasteiger charge is -2.03. The summed E-state index contributed by atoms with van der Waals surface area (Å²) in [5.41, 5.74) is 1.56. The van der Waals surface area contributed by atoms with Crippen LogP contribution in [0.15, 0.2) is 43.0 Å². The highest BCUT2D eigenvalue weighted by Gasteiger charge is 2.05. The molecule has 82 valence electrons. The molecular weight excluding hydrogens is 216 g/mol. The van der Waals surface area contributed by atoms with E-state index in [2.05, 4.69) is 15.3 Å². The first-order valence-electron chi connectivity index (χ1n) is 4.86. The zero-order chi connectivity index (χ0) is 12.1. The Morgan fingerprint density at radius 3 is 2.41 bits per heavy atom. The van der Waals surface area contributed by atoms with Crippen molar-refractivity contribution in [2.45, 2.75) is 0 Å². The van der Waals surface area contributed by atoms with E-state index in [1.807, 2.05) is 6.07 Å². The lowest BCUT2D eigenvalue weighted by molar-refractivity contribution is 0.102. The number of anilines is 1. The second-order valence-electron chi connectivity index (χ2n) is 3.27. The summed E-state index contributed by atoms with van der Waals surface area (Å²) in [6.07, 6.45) is 4.23. The standard InChI is InChI=1S/C12H8N4O/c13-5-9-1-3-11(4-2-9)16-12(17)10-6-14-8-15-7-10/h1-4,6-8H,(H,16,17). The van der Waals surface area contributed by atoms with Crippen molar-refractivity contribution in [1.82, 2.24) is 9.97 Å². The number of benzene rings is 1. The quantitative estimate of drug-likeness (QED) is 0.840. The number of carbonyl (C=O) groups is 1. The molecule has 2 aromatic rings. The number of carbonyl (C=O) groups excluding carboxylic acids is 1. The first-order chi connectivity index (χ1) is 8.29. The Hall–Kier alpha value is -2.74. The summed E-state index contributed by atoms with van der Waals surface area (Å²) in [6, 6.07) is 8.61. The summed E-state index contributed by atoms with van der Waals surface area (Å²) in [4.78, 5) is 19.2. The van der Waals surface area contributed by atoms with E-state index in [1.165, 1.54) is 18.7 Å². The molecule has 0 bridgehead atoms. The largest absolute Gasteiger partial charge is 0.322 e. The highest BCUT2D eigenvalue weighted by atomic mass is 16.1. The minimum Gasteiger partial charge on any atom is -0.322 e. The molecule has 1 heterocycles. The van der Waals surface area contributed by atoms with Crippen molar-refractivity contribution in [2.24, 2.45) is 0 Å². The van der Waals surface area contributed by atoms with Crippen LogP contribution in [0.1, 0.15) is 15.9 Å². The average molecular weight is 224 g/mol. The lowest BCUT2D eigenvalue weighted by atomic mass is 10.2. The predicted molar refractivity (Wildman–Crippen MR) is 61.1 cm³/mol. The van der Waals surface area contributed by atoms with Crippen LogP contribution in [0.25, 0.3) is 0 Å². The van der Waals surface area contributed by atoms with Gasteiger partial charge in [-0.3, -0.25) is 4.79 Å². The number of aromatic nitrogens is 2. The fraction of sp³-hybridized carbons (Fsp3) is 0. The Kier molecular flexibility index (Phi) is 3.08. The van der Waals surface area contributed by atoms with Crippen molar-refractivity contribution in [2.75, 3.05) is 5.32 Å². The van der Waals surface area contributed by atoms with Gasteiger partial charge in [0.25, 0.3) is 5.91 Å². The summed E-state index contributed by atoms with van der Waals surface area (Å²) >= 11 is 0. The minimum atomic E-state index is -0.282. The third-order valence-electron chi connectivity index (χ3n) is 2.09. The SMILES string of the molecule is N#Cc1ccc(NC(=O)c2cncnc2)cc1. The van der Waals surface area contributed by atoms with Crippen molar-refractivity contribution in [3.8, 4) is 6.07 Å². The van der Waals surface area contributed by atoms with Crippen LogP contribution >= 0.6 is 0 Å². The van der Waals surface area contributed by atoms with Crippen LogP contribution in [0, 0.1) is 11.3 Å². The second-order valence-corrected chi connectivity index (χ2v) is 3.27. The van der Waals surface area contributed by atoms with Gasteiger partial charge in [0.05, 0.1) is 17.2 Å². The van der Waals surface area contributed by atoms with Crippen LogP contribution in [0.2, 0.25) is 0 Å². The van der Waals surface area contributed by atoms with Crippen LogP contribution < -0.4 is 5.32 Å². The molecule has 0 radical (unpaired) electrons. The zero-order valence-corrected chi connectivity index (χ0v) is 8.79. The molecule has 0 aliphatic heterocycles. The maximum Gasteiger partial charge on any atom is 0.258 e. The van der Waals surface area contributed by atoms with Gasteiger partial charge in [-0.05, 0) is 24.3 Å². The Morgan fingerprint density at radius 2 is 1.82 bits per heavy atom. The fourth-order valence-electron chi connectivity index (χ4n) is 1.25. The molecule has 1 N–H and O–H groups in total. The molecule has 17 heavy (non-hydrogen) atoms. The summed E-state index contributed by atoms with van der Waals surface area (Å²) in [7, 11) is 0. The number of nitriles is 1. The first kappa shape index (κ1) is 10.8. The lowest BCUT2D eigenvalue weighted by Crippen LogP contribution is -2.12. The van der Waals surface area contributed by atoms with Crippen LogP contribution in [-0.2, 0) is 0 Å². The van der Waals surface area contributed by atoms with E-state index in [9.17, 15) is 4.79 Å². The van der Waals surface area contributed by atoms with Gasteiger partial charge >= 0.3 is 0 Å². The number of rotatable bonds is 2. The molecule has 0 saturated heterocycles. The monoisotopic (exact) mass is 224 g/mol. The maximum atomic E-state index is 11.7. The molecule has 0 aliphatic carbocycles. The number of nitrogens with zero attached hydrogens (tertiary/aromatic N) is 3. The highest BCUT2D eigenvalue weighted by Crippen LogP contribution is 2.10. The topological polar surface area (TPSA) is 78.7 Å². The molecule has 5 nitrogen and oxygen atoms in total. The molecule has 1 aromatic carbocycles. The van der Waals surface area contributed by atoms with Gasteiger partial charge in [-0.15, -0.1) is 0 Å². The van der Waals surface area contributed by atoms with E-state index in [-0.39, 0.29) is 5.91 Å². The van der Waals surface area contributed by atoms with Crippen LogP contribution in [0.5, 0.6) is 0 Å². The Bertz CT molecular complexity index is 557. The van der Waals surface area contributed by atoms with Gasteiger partial charge in [0.2, 0.25) is 0 Å². The van der Waals surface area contributed by atoms with Crippen LogP contribution in [0.3, 0.4) is 0 Å². The Labute approximate surface area is 97.8 Å². The van der Waals surface area contributed by atoms with Crippen molar-refractivity contribution >= 4 is 11.6 Å². The Morgan fingerprint density at radius 1 is 1.18 bits per heavy atom. The number of nitrogens with one attached hydrogen (secondary N) is 1. The predicted octanol–water partition coefficient (Wildman–Crippen LogP) is 1.60. The molecule has 5 heteroatoms. The zero-order valence-electron chi connectivity index (χ0n) is 8.79. The van der Waals surface area contributed by atoms with Gasteiger partial charge in [-0.1, -0.05) is 0 Å². The Balaban J connectivity index is 2.11. The van der Waals surface area contributed by atoms with Gasteiger partial charge < -0.3 is 5.32 Å². The molecule has 0 aliphatic rings. The van der Waals surface area contributed by atoms with Gasteiger partial charge in [-0.2, -0.15) is 5.26 Å². The molecule has 1 amide bonds. The fourth-order valence-corrected chi connectivity index (χ4v) is 1.25. The smallest absolute Gasteiger partial charge is 0.258 e. The van der Waals surface area contributed by atoms with Crippen molar-refractivity contribution < 1.29 is 4.79 Å². The van der Waals surface area contributed by atoms with E-state index in [1.54, 1.807) is 24.3 Å². The molecular formula is C12H8N4O. The van der Waals surface area contributed by atoms with E-state index < -0.39 is 0 Å². The van der Waals surface area contributed by atoms with E-state index >= 15 is 0 Å². The van der Waals surface area contributed by atoms with Crippen LogP contribution in [-0.4, -0.2) is 15.9 Å². The summed E-state index contributed by atoms with van der Waals surface area (Å²) in [6.45, 7) is 0. The third kappa shape index (κ3) is 2.63.